The molecule has 0 aromatic carbocycles. The summed E-state index contributed by atoms with van der Waals surface area (Å²) < 4.78 is 4.73. The molecular weight excluding hydrogens is 240 g/mol. The number of rotatable bonds is 6. The molecule has 1 unspecified atom stereocenters. The quantitative estimate of drug-likeness (QED) is 0.590. The van der Waals surface area contributed by atoms with Gasteiger partial charge in [-0.2, -0.15) is 0 Å². The van der Waals surface area contributed by atoms with Gasteiger partial charge in [-0.1, -0.05) is 13.8 Å². The number of carbonyl (C=O) groups is 1. The van der Waals surface area contributed by atoms with Gasteiger partial charge in [-0.05, 0) is 18.4 Å². The first-order chi connectivity index (χ1) is 8.40. The number of hydrogen-bond donors (Lipinski definition) is 2. The van der Waals surface area contributed by atoms with Gasteiger partial charge in [-0.3, -0.25) is 14.9 Å². The van der Waals surface area contributed by atoms with Crippen molar-refractivity contribution in [2.45, 2.75) is 26.4 Å². The molecule has 0 saturated carbocycles. The van der Waals surface area contributed by atoms with Gasteiger partial charge in [-0.15, -0.1) is 0 Å². The van der Waals surface area contributed by atoms with E-state index in [-0.39, 0.29) is 12.3 Å². The Hall–Kier alpha value is -1.89. The number of nitro groups is 1. The number of nitrogens with one attached hydrogen (secondary N) is 1. The van der Waals surface area contributed by atoms with Crippen LogP contribution in [0.2, 0.25) is 0 Å². The standard InChI is InChI=1S/C11H16N2O5/c1-7(2)5-8(14)6-12-11(15)9-3-4-10(18-9)13(16)17/h3-4,7-8,14H,5-6H2,1-2H3,(H,12,15). The van der Waals surface area contributed by atoms with E-state index in [9.17, 15) is 20.0 Å². The van der Waals surface area contributed by atoms with Crippen molar-refractivity contribution < 1.29 is 19.2 Å². The molecule has 0 bridgehead atoms. The van der Waals surface area contributed by atoms with Crippen LogP contribution < -0.4 is 5.32 Å². The van der Waals surface area contributed by atoms with Crippen LogP contribution in [0.1, 0.15) is 30.8 Å². The van der Waals surface area contributed by atoms with E-state index < -0.39 is 22.8 Å². The predicted molar refractivity (Wildman–Crippen MR) is 63.2 cm³/mol. The zero-order chi connectivity index (χ0) is 13.7. The first-order valence-electron chi connectivity index (χ1n) is 5.60. The summed E-state index contributed by atoms with van der Waals surface area (Å²) in [6, 6.07) is 2.34. The Morgan fingerprint density at radius 1 is 1.56 bits per heavy atom. The topological polar surface area (TPSA) is 106 Å². The molecule has 7 heteroatoms. The third kappa shape index (κ3) is 4.17. The molecule has 1 amide bonds. The molecule has 2 N–H and O–H groups in total. The van der Waals surface area contributed by atoms with Crippen molar-refractivity contribution >= 4 is 11.8 Å². The normalized spacial score (nSPS) is 12.4. The fourth-order valence-corrected chi connectivity index (χ4v) is 1.47. The van der Waals surface area contributed by atoms with Gasteiger partial charge in [0.05, 0.1) is 12.2 Å². The molecule has 1 aromatic rings. The number of aliphatic hydroxyl groups excluding tert-OH is 1. The minimum Gasteiger partial charge on any atom is -0.395 e. The summed E-state index contributed by atoms with van der Waals surface area (Å²) in [5, 5.41) is 22.4. The second kappa shape index (κ2) is 6.15. The molecule has 0 aliphatic heterocycles. The fraction of sp³-hybridized carbons (Fsp3) is 0.545. The summed E-state index contributed by atoms with van der Waals surface area (Å²) in [6.45, 7) is 4.01. The average Bonchev–Trinajstić information content (AvgIpc) is 2.74. The monoisotopic (exact) mass is 256 g/mol. The van der Waals surface area contributed by atoms with Crippen molar-refractivity contribution in [1.29, 1.82) is 0 Å². The fourth-order valence-electron chi connectivity index (χ4n) is 1.47. The number of amides is 1. The van der Waals surface area contributed by atoms with Gasteiger partial charge in [0, 0.05) is 6.54 Å². The van der Waals surface area contributed by atoms with Crippen LogP contribution in [-0.4, -0.2) is 28.6 Å². The molecule has 0 fully saturated rings. The lowest BCUT2D eigenvalue weighted by Gasteiger charge is -2.12. The van der Waals surface area contributed by atoms with E-state index in [1.54, 1.807) is 0 Å². The van der Waals surface area contributed by atoms with Crippen molar-refractivity contribution in [2.75, 3.05) is 6.54 Å². The van der Waals surface area contributed by atoms with Crippen LogP contribution in [0.3, 0.4) is 0 Å². The molecule has 1 heterocycles. The van der Waals surface area contributed by atoms with Crippen molar-refractivity contribution in [3.8, 4) is 0 Å². The molecule has 0 radical (unpaired) electrons. The van der Waals surface area contributed by atoms with Crippen LogP contribution in [0, 0.1) is 16.0 Å². The van der Waals surface area contributed by atoms with E-state index in [0.29, 0.717) is 12.3 Å². The third-order valence-electron chi connectivity index (χ3n) is 2.24. The van der Waals surface area contributed by atoms with Gasteiger partial charge < -0.3 is 14.8 Å². The highest BCUT2D eigenvalue weighted by molar-refractivity contribution is 5.91. The highest BCUT2D eigenvalue weighted by atomic mass is 16.6. The largest absolute Gasteiger partial charge is 0.433 e. The zero-order valence-electron chi connectivity index (χ0n) is 10.3. The summed E-state index contributed by atoms with van der Waals surface area (Å²) in [5.74, 6) is -0.881. The second-order valence-corrected chi connectivity index (χ2v) is 4.39. The molecule has 1 aromatic heterocycles. The van der Waals surface area contributed by atoms with E-state index in [0.717, 1.165) is 6.07 Å². The maximum absolute atomic E-state index is 11.5. The van der Waals surface area contributed by atoms with Crippen molar-refractivity contribution in [3.63, 3.8) is 0 Å². The molecule has 18 heavy (non-hydrogen) atoms. The Morgan fingerprint density at radius 3 is 2.72 bits per heavy atom. The minimum absolute atomic E-state index is 0.0888. The predicted octanol–water partition coefficient (Wildman–Crippen LogP) is 1.32. The molecule has 1 rings (SSSR count). The van der Waals surface area contributed by atoms with Crippen LogP contribution in [0.25, 0.3) is 0 Å². The van der Waals surface area contributed by atoms with Crippen molar-refractivity contribution in [3.05, 3.63) is 28.0 Å². The number of hydrogen-bond acceptors (Lipinski definition) is 5. The number of furan rings is 1. The van der Waals surface area contributed by atoms with Gasteiger partial charge in [0.15, 0.2) is 5.76 Å². The summed E-state index contributed by atoms with van der Waals surface area (Å²) in [6.07, 6.45) is -0.0719. The summed E-state index contributed by atoms with van der Waals surface area (Å²) in [4.78, 5) is 21.2. The molecule has 1 atom stereocenters. The highest BCUT2D eigenvalue weighted by Crippen LogP contribution is 2.15. The lowest BCUT2D eigenvalue weighted by molar-refractivity contribution is -0.402. The SMILES string of the molecule is CC(C)CC(O)CNC(=O)c1ccc([N+](=O)[O-])o1. The van der Waals surface area contributed by atoms with Crippen LogP contribution in [0.15, 0.2) is 16.5 Å². The van der Waals surface area contributed by atoms with E-state index in [2.05, 4.69) is 5.32 Å². The Labute approximate surface area is 104 Å². The lowest BCUT2D eigenvalue weighted by Crippen LogP contribution is -2.32. The number of carbonyl (C=O) groups excluding carboxylic acids is 1. The zero-order valence-corrected chi connectivity index (χ0v) is 10.3. The highest BCUT2D eigenvalue weighted by Gasteiger charge is 2.17. The second-order valence-electron chi connectivity index (χ2n) is 4.39. The summed E-state index contributed by atoms with van der Waals surface area (Å²) in [5.41, 5.74) is 0. The van der Waals surface area contributed by atoms with Gasteiger partial charge in [0.25, 0.3) is 5.91 Å². The van der Waals surface area contributed by atoms with Crippen molar-refractivity contribution in [2.24, 2.45) is 5.92 Å². The summed E-state index contributed by atoms with van der Waals surface area (Å²) in [7, 11) is 0. The molecule has 0 aliphatic carbocycles. The van der Waals surface area contributed by atoms with E-state index in [1.807, 2.05) is 13.8 Å². The molecular formula is C11H16N2O5. The van der Waals surface area contributed by atoms with E-state index in [4.69, 9.17) is 4.42 Å². The van der Waals surface area contributed by atoms with Crippen LogP contribution in [-0.2, 0) is 0 Å². The average molecular weight is 256 g/mol. The molecule has 0 saturated heterocycles. The maximum atomic E-state index is 11.5. The van der Waals surface area contributed by atoms with Crippen molar-refractivity contribution in [1.82, 2.24) is 5.32 Å². The van der Waals surface area contributed by atoms with E-state index in [1.165, 1.54) is 6.07 Å². The van der Waals surface area contributed by atoms with Gasteiger partial charge >= 0.3 is 5.88 Å². The first-order valence-corrected chi connectivity index (χ1v) is 5.60. The third-order valence-corrected chi connectivity index (χ3v) is 2.24. The van der Waals surface area contributed by atoms with Gasteiger partial charge in [0.1, 0.15) is 4.92 Å². The number of aliphatic hydroxyl groups is 1. The van der Waals surface area contributed by atoms with Crippen LogP contribution in [0.5, 0.6) is 0 Å². The maximum Gasteiger partial charge on any atom is 0.433 e. The number of nitrogens with zero attached hydrogens (tertiary/aromatic N) is 1. The lowest BCUT2D eigenvalue weighted by atomic mass is 10.1. The van der Waals surface area contributed by atoms with Crippen LogP contribution in [0.4, 0.5) is 5.88 Å². The van der Waals surface area contributed by atoms with Crippen LogP contribution >= 0.6 is 0 Å². The Kier molecular flexibility index (Phi) is 4.85. The first kappa shape index (κ1) is 14.2. The molecule has 0 spiro atoms. The Balaban J connectivity index is 2.47. The minimum atomic E-state index is -0.718. The summed E-state index contributed by atoms with van der Waals surface area (Å²) >= 11 is 0. The molecule has 7 nitrogen and oxygen atoms in total. The smallest absolute Gasteiger partial charge is 0.395 e. The van der Waals surface area contributed by atoms with Gasteiger partial charge in [0.2, 0.25) is 0 Å². The molecule has 100 valence electrons. The molecule has 0 aliphatic rings. The van der Waals surface area contributed by atoms with Gasteiger partial charge in [-0.25, -0.2) is 0 Å². The van der Waals surface area contributed by atoms with E-state index >= 15 is 0 Å². The Bertz CT molecular complexity index is 427. The Morgan fingerprint density at radius 2 is 2.22 bits per heavy atom.